The Morgan fingerprint density at radius 1 is 1.12 bits per heavy atom. The molecule has 10 heteroatoms. The van der Waals surface area contributed by atoms with E-state index in [1.54, 1.807) is 21.5 Å². The molecule has 4 heterocycles. The van der Waals surface area contributed by atoms with E-state index in [1.807, 2.05) is 11.9 Å². The molecule has 25 heavy (non-hydrogen) atoms. The fraction of sp³-hybridized carbons (Fsp3) is 0.667. The SMILES string of the molecule is CN1CCn2nc(C(=O)N3CCN(C)[C@@H]4CS(=O)(=O)C[C@@H]43)cc2C1=O. The summed E-state index contributed by atoms with van der Waals surface area (Å²) in [6.45, 7) is 2.19. The van der Waals surface area contributed by atoms with Crippen molar-refractivity contribution in [1.29, 1.82) is 0 Å². The second kappa shape index (κ2) is 5.53. The highest BCUT2D eigenvalue weighted by atomic mass is 32.2. The first-order valence-corrected chi connectivity index (χ1v) is 10.1. The Labute approximate surface area is 146 Å². The van der Waals surface area contributed by atoms with E-state index in [-0.39, 0.29) is 41.1 Å². The molecule has 0 saturated carbocycles. The third-order valence-corrected chi connectivity index (χ3v) is 7.13. The molecule has 3 aliphatic rings. The van der Waals surface area contributed by atoms with Gasteiger partial charge in [-0.2, -0.15) is 5.10 Å². The maximum Gasteiger partial charge on any atom is 0.274 e. The van der Waals surface area contributed by atoms with Gasteiger partial charge in [-0.1, -0.05) is 0 Å². The Morgan fingerprint density at radius 2 is 1.84 bits per heavy atom. The number of carbonyl (C=O) groups excluding carboxylic acids is 2. The molecule has 0 spiro atoms. The van der Waals surface area contributed by atoms with Crippen LogP contribution in [0.4, 0.5) is 0 Å². The molecule has 9 nitrogen and oxygen atoms in total. The Balaban J connectivity index is 1.63. The molecule has 2 amide bonds. The first-order chi connectivity index (χ1) is 11.8. The average molecular weight is 367 g/mol. The summed E-state index contributed by atoms with van der Waals surface area (Å²) in [5.74, 6) is -0.376. The molecule has 4 rings (SSSR count). The third-order valence-electron chi connectivity index (χ3n) is 5.43. The minimum atomic E-state index is -3.15. The highest BCUT2D eigenvalue weighted by Gasteiger charge is 2.47. The standard InChI is InChI=1S/C15H21N5O4S/c1-17-3-5-19(13-9-25(23,24)8-12(13)17)14(21)10-7-11-15(22)18(2)4-6-20(11)16-10/h7,12-13H,3-6,8-9H2,1-2H3/t12-,13+/m1/s1. The Bertz CT molecular complexity index is 848. The summed E-state index contributed by atoms with van der Waals surface area (Å²) in [4.78, 5) is 30.4. The van der Waals surface area contributed by atoms with Crippen molar-refractivity contribution in [2.75, 3.05) is 45.2 Å². The highest BCUT2D eigenvalue weighted by Crippen LogP contribution is 2.27. The van der Waals surface area contributed by atoms with E-state index in [4.69, 9.17) is 0 Å². The van der Waals surface area contributed by atoms with Gasteiger partial charge >= 0.3 is 0 Å². The molecule has 2 atom stereocenters. The van der Waals surface area contributed by atoms with Crippen LogP contribution >= 0.6 is 0 Å². The lowest BCUT2D eigenvalue weighted by atomic mass is 10.0. The van der Waals surface area contributed by atoms with Gasteiger partial charge < -0.3 is 9.80 Å². The molecule has 2 fully saturated rings. The van der Waals surface area contributed by atoms with Crippen LogP contribution in [0.5, 0.6) is 0 Å². The van der Waals surface area contributed by atoms with Crippen molar-refractivity contribution in [3.8, 4) is 0 Å². The number of sulfone groups is 1. The number of likely N-dealkylation sites (N-methyl/N-ethyl adjacent to an activating group) is 2. The smallest absolute Gasteiger partial charge is 0.274 e. The molecule has 2 saturated heterocycles. The minimum absolute atomic E-state index is 0.0109. The topological polar surface area (TPSA) is 95.8 Å². The van der Waals surface area contributed by atoms with Crippen LogP contribution in [0, 0.1) is 0 Å². The molecular weight excluding hydrogens is 346 g/mol. The molecule has 136 valence electrons. The maximum atomic E-state index is 13.0. The Kier molecular flexibility index (Phi) is 3.66. The largest absolute Gasteiger partial charge is 0.339 e. The van der Waals surface area contributed by atoms with Gasteiger partial charge in [0.05, 0.1) is 24.1 Å². The lowest BCUT2D eigenvalue weighted by molar-refractivity contribution is 0.0403. The molecule has 0 N–H and O–H groups in total. The number of piperazine rings is 1. The zero-order valence-corrected chi connectivity index (χ0v) is 15.1. The summed E-state index contributed by atoms with van der Waals surface area (Å²) in [5, 5.41) is 4.30. The van der Waals surface area contributed by atoms with Crippen LogP contribution in [0.2, 0.25) is 0 Å². The van der Waals surface area contributed by atoms with E-state index >= 15 is 0 Å². The number of hydrogen-bond acceptors (Lipinski definition) is 6. The van der Waals surface area contributed by atoms with Crippen LogP contribution in [0.1, 0.15) is 21.0 Å². The van der Waals surface area contributed by atoms with Gasteiger partial charge in [-0.05, 0) is 7.05 Å². The van der Waals surface area contributed by atoms with E-state index in [2.05, 4.69) is 5.10 Å². The number of hydrogen-bond donors (Lipinski definition) is 0. The van der Waals surface area contributed by atoms with Gasteiger partial charge in [0.1, 0.15) is 5.69 Å². The van der Waals surface area contributed by atoms with Crippen molar-refractivity contribution in [3.63, 3.8) is 0 Å². The molecule has 1 aromatic heterocycles. The van der Waals surface area contributed by atoms with Crippen molar-refractivity contribution in [2.24, 2.45) is 0 Å². The fourth-order valence-electron chi connectivity index (χ4n) is 3.93. The van der Waals surface area contributed by atoms with E-state index in [0.29, 0.717) is 31.9 Å². The molecule has 0 aliphatic carbocycles. The van der Waals surface area contributed by atoms with Gasteiger partial charge in [0.15, 0.2) is 15.5 Å². The van der Waals surface area contributed by atoms with Crippen LogP contribution in [0.3, 0.4) is 0 Å². The van der Waals surface area contributed by atoms with Gasteiger partial charge in [0.25, 0.3) is 11.8 Å². The van der Waals surface area contributed by atoms with Crippen LogP contribution in [0.15, 0.2) is 6.07 Å². The van der Waals surface area contributed by atoms with Crippen molar-refractivity contribution in [3.05, 3.63) is 17.5 Å². The Morgan fingerprint density at radius 3 is 2.60 bits per heavy atom. The van der Waals surface area contributed by atoms with E-state index in [9.17, 15) is 18.0 Å². The first kappa shape index (κ1) is 16.5. The monoisotopic (exact) mass is 367 g/mol. The molecule has 0 radical (unpaired) electrons. The molecule has 1 aromatic rings. The lowest BCUT2D eigenvalue weighted by Crippen LogP contribution is -2.59. The highest BCUT2D eigenvalue weighted by molar-refractivity contribution is 7.91. The maximum absolute atomic E-state index is 13.0. The van der Waals surface area contributed by atoms with Crippen molar-refractivity contribution < 1.29 is 18.0 Å². The quantitative estimate of drug-likeness (QED) is 0.601. The number of nitrogens with zero attached hydrogens (tertiary/aromatic N) is 5. The predicted octanol–water partition coefficient (Wildman–Crippen LogP) is -1.48. The number of aromatic nitrogens is 2. The van der Waals surface area contributed by atoms with Gasteiger partial charge in [-0.25, -0.2) is 8.42 Å². The number of carbonyl (C=O) groups is 2. The molecule has 0 aromatic carbocycles. The lowest BCUT2D eigenvalue weighted by Gasteiger charge is -2.41. The summed E-state index contributed by atoms with van der Waals surface area (Å²) >= 11 is 0. The number of fused-ring (bicyclic) bond motifs is 2. The fourth-order valence-corrected chi connectivity index (χ4v) is 5.99. The van der Waals surface area contributed by atoms with Crippen LogP contribution in [-0.4, -0.2) is 102 Å². The summed E-state index contributed by atoms with van der Waals surface area (Å²) in [6, 6.07) is 0.998. The van der Waals surface area contributed by atoms with E-state index in [0.717, 1.165) is 0 Å². The summed E-state index contributed by atoms with van der Waals surface area (Å²) in [7, 11) is 0.459. The van der Waals surface area contributed by atoms with Gasteiger partial charge in [0, 0.05) is 38.8 Å². The molecule has 0 bridgehead atoms. The van der Waals surface area contributed by atoms with Gasteiger partial charge in [-0.15, -0.1) is 0 Å². The van der Waals surface area contributed by atoms with Crippen LogP contribution < -0.4 is 0 Å². The zero-order chi connectivity index (χ0) is 17.9. The normalized spacial score (nSPS) is 28.8. The minimum Gasteiger partial charge on any atom is -0.339 e. The Hall–Kier alpha value is -1.94. The molecule has 3 aliphatic heterocycles. The third kappa shape index (κ3) is 2.63. The second-order valence-electron chi connectivity index (χ2n) is 7.06. The average Bonchev–Trinajstić information content (AvgIpc) is 3.12. The van der Waals surface area contributed by atoms with Crippen molar-refractivity contribution in [1.82, 2.24) is 24.5 Å². The summed E-state index contributed by atoms with van der Waals surface area (Å²) in [5.41, 5.74) is 0.619. The first-order valence-electron chi connectivity index (χ1n) is 8.32. The van der Waals surface area contributed by atoms with E-state index in [1.165, 1.54) is 6.07 Å². The summed E-state index contributed by atoms with van der Waals surface area (Å²) in [6.07, 6.45) is 0. The predicted molar refractivity (Wildman–Crippen MR) is 89.1 cm³/mol. The molecular formula is C15H21N5O4S. The van der Waals surface area contributed by atoms with Gasteiger partial charge in [0.2, 0.25) is 0 Å². The molecule has 0 unspecified atom stereocenters. The van der Waals surface area contributed by atoms with Crippen molar-refractivity contribution >= 4 is 21.7 Å². The number of amides is 2. The van der Waals surface area contributed by atoms with Crippen molar-refractivity contribution in [2.45, 2.75) is 18.6 Å². The van der Waals surface area contributed by atoms with Crippen LogP contribution in [-0.2, 0) is 16.4 Å². The number of rotatable bonds is 1. The van der Waals surface area contributed by atoms with E-state index < -0.39 is 9.84 Å². The second-order valence-corrected chi connectivity index (χ2v) is 9.21. The zero-order valence-electron chi connectivity index (χ0n) is 14.3. The van der Waals surface area contributed by atoms with Crippen LogP contribution in [0.25, 0.3) is 0 Å². The summed E-state index contributed by atoms with van der Waals surface area (Å²) < 4.78 is 25.7. The van der Waals surface area contributed by atoms with Gasteiger partial charge in [-0.3, -0.25) is 19.2 Å².